The van der Waals surface area contributed by atoms with Gasteiger partial charge in [0.25, 0.3) is 5.56 Å². The zero-order valence-electron chi connectivity index (χ0n) is 21.0. The Kier molecular flexibility index (Phi) is 7.31. The third kappa shape index (κ3) is 5.51. The highest BCUT2D eigenvalue weighted by Gasteiger charge is 2.46. The van der Waals surface area contributed by atoms with E-state index in [2.05, 4.69) is 0 Å². The van der Waals surface area contributed by atoms with Crippen molar-refractivity contribution in [3.05, 3.63) is 94.4 Å². The molecular formula is C29H33FN2O4. The Morgan fingerprint density at radius 3 is 2.33 bits per heavy atom. The molecule has 6 nitrogen and oxygen atoms in total. The molecule has 7 heteroatoms. The van der Waals surface area contributed by atoms with Crippen molar-refractivity contribution in [3.8, 4) is 11.1 Å². The molecule has 0 aliphatic carbocycles. The monoisotopic (exact) mass is 492 g/mol. The molecule has 0 saturated carbocycles. The van der Waals surface area contributed by atoms with Crippen molar-refractivity contribution < 1.29 is 19.0 Å². The van der Waals surface area contributed by atoms with Gasteiger partial charge in [0.2, 0.25) is 0 Å². The topological polar surface area (TPSA) is 71.8 Å². The first-order chi connectivity index (χ1) is 17.1. The van der Waals surface area contributed by atoms with Crippen molar-refractivity contribution in [1.82, 2.24) is 9.47 Å². The van der Waals surface area contributed by atoms with E-state index < -0.39 is 24.0 Å². The molecule has 1 amide bonds. The number of carbonyl (C=O) groups is 1. The number of carbonyl (C=O) groups excluding carboxylic acids is 1. The number of rotatable bonds is 8. The van der Waals surface area contributed by atoms with Gasteiger partial charge >= 0.3 is 6.09 Å². The molecule has 3 aromatic rings. The summed E-state index contributed by atoms with van der Waals surface area (Å²) in [6.45, 7) is 5.35. The largest absolute Gasteiger partial charge is 0.438 e. The minimum Gasteiger partial charge on any atom is -0.438 e. The number of hydrogen-bond donors (Lipinski definition) is 1. The lowest BCUT2D eigenvalue weighted by Gasteiger charge is -2.45. The Morgan fingerprint density at radius 2 is 1.75 bits per heavy atom. The van der Waals surface area contributed by atoms with Crippen molar-refractivity contribution >= 4 is 6.09 Å². The van der Waals surface area contributed by atoms with Crippen molar-refractivity contribution in [1.29, 1.82) is 0 Å². The van der Waals surface area contributed by atoms with Crippen LogP contribution in [-0.4, -0.2) is 39.5 Å². The SMILES string of the molecule is C[C@@H](c1ccc(-c2ccn(CCF)c(=O)c2)cc1)N1CCC(CC(C)(C)O)(c2ccccc2)OC1=O. The number of halogens is 1. The number of alkyl halides is 1. The third-order valence-electron chi connectivity index (χ3n) is 6.81. The third-order valence-corrected chi connectivity index (χ3v) is 6.81. The molecule has 1 aliphatic heterocycles. The quantitative estimate of drug-likeness (QED) is 0.454. The number of ether oxygens (including phenoxy) is 1. The van der Waals surface area contributed by atoms with E-state index in [4.69, 9.17) is 4.74 Å². The molecule has 4 rings (SSSR count). The smallest absolute Gasteiger partial charge is 0.411 e. The molecule has 1 N–H and O–H groups in total. The van der Waals surface area contributed by atoms with Gasteiger partial charge in [0.05, 0.1) is 18.2 Å². The van der Waals surface area contributed by atoms with Gasteiger partial charge in [0, 0.05) is 31.6 Å². The van der Waals surface area contributed by atoms with Crippen LogP contribution < -0.4 is 5.56 Å². The number of hydrogen-bond acceptors (Lipinski definition) is 4. The highest BCUT2D eigenvalue weighted by Crippen LogP contribution is 2.42. The van der Waals surface area contributed by atoms with Crippen LogP contribution in [0.2, 0.25) is 0 Å². The maximum atomic E-state index is 13.3. The van der Waals surface area contributed by atoms with Gasteiger partial charge < -0.3 is 19.3 Å². The molecule has 0 bridgehead atoms. The highest BCUT2D eigenvalue weighted by atomic mass is 19.1. The van der Waals surface area contributed by atoms with Crippen LogP contribution in [0.1, 0.15) is 50.8 Å². The molecule has 1 unspecified atom stereocenters. The summed E-state index contributed by atoms with van der Waals surface area (Å²) in [5.74, 6) is 0. The van der Waals surface area contributed by atoms with E-state index in [-0.39, 0.29) is 18.1 Å². The molecule has 2 heterocycles. The van der Waals surface area contributed by atoms with Crippen LogP contribution in [0.15, 0.2) is 77.7 Å². The summed E-state index contributed by atoms with van der Waals surface area (Å²) in [4.78, 5) is 27.1. The summed E-state index contributed by atoms with van der Waals surface area (Å²) in [5, 5.41) is 10.6. The van der Waals surface area contributed by atoms with Crippen LogP contribution in [0.4, 0.5) is 9.18 Å². The summed E-state index contributed by atoms with van der Waals surface area (Å²) in [7, 11) is 0. The zero-order valence-corrected chi connectivity index (χ0v) is 21.0. The van der Waals surface area contributed by atoms with Gasteiger partial charge in [0.1, 0.15) is 12.3 Å². The molecule has 1 saturated heterocycles. The van der Waals surface area contributed by atoms with Crippen LogP contribution in [0, 0.1) is 0 Å². The average molecular weight is 493 g/mol. The summed E-state index contributed by atoms with van der Waals surface area (Å²) in [6.07, 6.45) is 2.05. The zero-order chi connectivity index (χ0) is 25.9. The Bertz CT molecular complexity index is 1250. The van der Waals surface area contributed by atoms with Gasteiger partial charge in [-0.1, -0.05) is 54.6 Å². The number of cyclic esters (lactones) is 1. The lowest BCUT2D eigenvalue weighted by molar-refractivity contribution is -0.101. The fraction of sp³-hybridized carbons (Fsp3) is 0.379. The van der Waals surface area contributed by atoms with E-state index in [1.54, 1.807) is 31.0 Å². The van der Waals surface area contributed by atoms with Crippen LogP contribution in [0.3, 0.4) is 0 Å². The first-order valence-corrected chi connectivity index (χ1v) is 12.3. The van der Waals surface area contributed by atoms with Crippen LogP contribution in [0.25, 0.3) is 11.1 Å². The van der Waals surface area contributed by atoms with Crippen molar-refractivity contribution in [2.75, 3.05) is 13.2 Å². The molecular weight excluding hydrogens is 459 g/mol. The molecule has 1 aliphatic rings. The molecule has 2 atom stereocenters. The predicted molar refractivity (Wildman–Crippen MR) is 137 cm³/mol. The molecule has 1 aromatic heterocycles. The Morgan fingerprint density at radius 1 is 1.06 bits per heavy atom. The van der Waals surface area contributed by atoms with Crippen LogP contribution in [-0.2, 0) is 16.9 Å². The number of benzene rings is 2. The minimum absolute atomic E-state index is 0.0445. The van der Waals surface area contributed by atoms with Crippen LogP contribution in [0.5, 0.6) is 0 Å². The molecule has 0 spiro atoms. The van der Waals surface area contributed by atoms with Gasteiger partial charge in [-0.2, -0.15) is 0 Å². The maximum Gasteiger partial charge on any atom is 0.411 e. The van der Waals surface area contributed by atoms with E-state index in [1.807, 2.05) is 61.5 Å². The number of amides is 1. The van der Waals surface area contributed by atoms with Crippen molar-refractivity contribution in [2.24, 2.45) is 0 Å². The lowest BCUT2D eigenvalue weighted by Crippen LogP contribution is -2.51. The highest BCUT2D eigenvalue weighted by molar-refractivity contribution is 5.70. The van der Waals surface area contributed by atoms with Gasteiger partial charge in [-0.15, -0.1) is 0 Å². The molecule has 190 valence electrons. The summed E-state index contributed by atoms with van der Waals surface area (Å²) in [6, 6.07) is 20.4. The number of nitrogens with zero attached hydrogens (tertiary/aromatic N) is 2. The molecule has 2 aromatic carbocycles. The summed E-state index contributed by atoms with van der Waals surface area (Å²) in [5.41, 5.74) is 1.30. The number of aliphatic hydroxyl groups is 1. The second-order valence-electron chi connectivity index (χ2n) is 10.1. The first kappa shape index (κ1) is 25.6. The standard InChI is InChI=1S/C29H33FN2O4/c1-21(22-9-11-23(12-10-22)24-13-16-31(18-15-30)26(33)19-24)32-17-14-29(36-27(32)34,20-28(2,3)35)25-7-5-4-6-8-25/h4-13,16,19,21,35H,14-15,17-18,20H2,1-3H3/t21-,29?/m0/s1. The van der Waals surface area contributed by atoms with Crippen molar-refractivity contribution in [3.63, 3.8) is 0 Å². The molecule has 1 fully saturated rings. The fourth-order valence-electron chi connectivity index (χ4n) is 4.99. The van der Waals surface area contributed by atoms with E-state index in [9.17, 15) is 19.1 Å². The Balaban J connectivity index is 1.52. The predicted octanol–water partition coefficient (Wildman–Crippen LogP) is 5.44. The fourth-order valence-corrected chi connectivity index (χ4v) is 4.99. The normalized spacial score (nSPS) is 19.1. The summed E-state index contributed by atoms with van der Waals surface area (Å²) < 4.78 is 20.0. The second kappa shape index (κ2) is 10.3. The summed E-state index contributed by atoms with van der Waals surface area (Å²) >= 11 is 0. The van der Waals surface area contributed by atoms with E-state index in [0.717, 1.165) is 22.3 Å². The maximum absolute atomic E-state index is 13.3. The minimum atomic E-state index is -1.01. The van der Waals surface area contributed by atoms with E-state index in [1.165, 1.54) is 10.6 Å². The van der Waals surface area contributed by atoms with E-state index >= 15 is 0 Å². The average Bonchev–Trinajstić information content (AvgIpc) is 2.85. The lowest BCUT2D eigenvalue weighted by atomic mass is 9.80. The number of aromatic nitrogens is 1. The Hall–Kier alpha value is -3.45. The second-order valence-corrected chi connectivity index (χ2v) is 10.1. The number of pyridine rings is 1. The molecule has 0 radical (unpaired) electrons. The van der Waals surface area contributed by atoms with Crippen LogP contribution >= 0.6 is 0 Å². The van der Waals surface area contributed by atoms with Gasteiger partial charge in [0.15, 0.2) is 0 Å². The first-order valence-electron chi connectivity index (χ1n) is 12.3. The van der Waals surface area contributed by atoms with Gasteiger partial charge in [-0.25, -0.2) is 9.18 Å². The van der Waals surface area contributed by atoms with Crippen molar-refractivity contribution in [2.45, 2.75) is 57.4 Å². The van der Waals surface area contributed by atoms with Gasteiger partial charge in [-0.05, 0) is 49.1 Å². The molecule has 36 heavy (non-hydrogen) atoms. The Labute approximate surface area is 211 Å². The van der Waals surface area contributed by atoms with E-state index in [0.29, 0.717) is 19.4 Å². The number of aryl methyl sites for hydroxylation is 1. The van der Waals surface area contributed by atoms with Gasteiger partial charge in [-0.3, -0.25) is 4.79 Å².